The van der Waals surface area contributed by atoms with E-state index in [1.54, 1.807) is 13.0 Å². The number of rotatable bonds is 5. The average Bonchev–Trinajstić information content (AvgIpc) is 3.01. The number of aryl methyl sites for hydroxylation is 1. The SMILES string of the molecule is Cc1nn(Cc2c(F)c(F)c(F)c(F)c2F)c(C)c1NC(=S)Nc1cccc([N+](=O)[O-])c1. The summed E-state index contributed by atoms with van der Waals surface area (Å²) in [7, 11) is 0. The first-order chi connectivity index (χ1) is 15.0. The molecule has 0 spiro atoms. The summed E-state index contributed by atoms with van der Waals surface area (Å²) in [4.78, 5) is 10.3. The van der Waals surface area contributed by atoms with E-state index >= 15 is 0 Å². The smallest absolute Gasteiger partial charge is 0.271 e. The Morgan fingerprint density at radius 2 is 1.66 bits per heavy atom. The monoisotopic (exact) mass is 471 g/mol. The van der Waals surface area contributed by atoms with Crippen molar-refractivity contribution in [3.05, 3.63) is 80.4 Å². The van der Waals surface area contributed by atoms with Crippen molar-refractivity contribution in [2.45, 2.75) is 20.4 Å². The molecule has 0 saturated carbocycles. The van der Waals surface area contributed by atoms with Crippen LogP contribution in [0.1, 0.15) is 17.0 Å². The highest BCUT2D eigenvalue weighted by Crippen LogP contribution is 2.26. The molecule has 1 heterocycles. The number of nitro benzene ring substituents is 1. The number of nitro groups is 1. The molecule has 2 aromatic carbocycles. The maximum Gasteiger partial charge on any atom is 0.271 e. The molecule has 0 unspecified atom stereocenters. The molecule has 0 aliphatic carbocycles. The van der Waals surface area contributed by atoms with Crippen molar-refractivity contribution in [3.8, 4) is 0 Å². The average molecular weight is 471 g/mol. The zero-order valence-electron chi connectivity index (χ0n) is 16.5. The fraction of sp³-hybridized carbons (Fsp3) is 0.158. The van der Waals surface area contributed by atoms with Gasteiger partial charge in [0, 0.05) is 17.8 Å². The van der Waals surface area contributed by atoms with E-state index in [0.29, 0.717) is 22.8 Å². The first kappa shape index (κ1) is 23.1. The largest absolute Gasteiger partial charge is 0.332 e. The molecule has 13 heteroatoms. The Morgan fingerprint density at radius 1 is 1.06 bits per heavy atom. The van der Waals surface area contributed by atoms with Crippen LogP contribution in [0.15, 0.2) is 24.3 Å². The second-order valence-corrected chi connectivity index (χ2v) is 7.05. The van der Waals surface area contributed by atoms with Gasteiger partial charge in [-0.2, -0.15) is 5.10 Å². The van der Waals surface area contributed by atoms with Crippen LogP contribution >= 0.6 is 12.2 Å². The van der Waals surface area contributed by atoms with Gasteiger partial charge in [0.25, 0.3) is 5.69 Å². The molecular formula is C19H14F5N5O2S. The van der Waals surface area contributed by atoms with Crippen molar-refractivity contribution < 1.29 is 26.9 Å². The molecule has 168 valence electrons. The zero-order valence-corrected chi connectivity index (χ0v) is 17.3. The van der Waals surface area contributed by atoms with Gasteiger partial charge in [0.1, 0.15) is 0 Å². The molecule has 1 aromatic heterocycles. The Hall–Kier alpha value is -3.61. The van der Waals surface area contributed by atoms with Crippen LogP contribution in [0.2, 0.25) is 0 Å². The molecule has 0 radical (unpaired) electrons. The van der Waals surface area contributed by atoms with Crippen molar-refractivity contribution in [2.75, 3.05) is 10.6 Å². The minimum Gasteiger partial charge on any atom is -0.332 e. The van der Waals surface area contributed by atoms with Gasteiger partial charge in [-0.3, -0.25) is 14.8 Å². The molecular weight excluding hydrogens is 457 g/mol. The summed E-state index contributed by atoms with van der Waals surface area (Å²) in [5.74, 6) is -10.2. The van der Waals surface area contributed by atoms with E-state index in [-0.39, 0.29) is 10.8 Å². The molecule has 0 bridgehead atoms. The second kappa shape index (κ2) is 8.86. The highest BCUT2D eigenvalue weighted by molar-refractivity contribution is 7.80. The Labute approximate surface area is 183 Å². The van der Waals surface area contributed by atoms with Crippen LogP contribution in [0.5, 0.6) is 0 Å². The van der Waals surface area contributed by atoms with Crippen molar-refractivity contribution in [2.24, 2.45) is 0 Å². The molecule has 0 aliphatic rings. The number of hydrogen-bond donors (Lipinski definition) is 2. The van der Waals surface area contributed by atoms with Crippen LogP contribution in [-0.4, -0.2) is 19.8 Å². The standard InChI is InChI=1S/C19H14F5N5O2S/c1-8-18(26-19(32)25-10-4-3-5-11(6-10)29(30)31)9(2)28(27-8)7-12-13(20)15(22)17(24)16(23)14(12)21/h3-6H,7H2,1-2H3,(H2,25,26,32). The van der Waals surface area contributed by atoms with E-state index in [4.69, 9.17) is 12.2 Å². The Balaban J connectivity index is 1.84. The van der Waals surface area contributed by atoms with Gasteiger partial charge in [0.05, 0.1) is 34.1 Å². The summed E-state index contributed by atoms with van der Waals surface area (Å²) >= 11 is 5.19. The first-order valence-corrected chi connectivity index (χ1v) is 9.28. The fourth-order valence-corrected chi connectivity index (χ4v) is 3.16. The highest BCUT2D eigenvalue weighted by atomic mass is 32.1. The van der Waals surface area contributed by atoms with E-state index in [9.17, 15) is 32.1 Å². The van der Waals surface area contributed by atoms with Gasteiger partial charge in [0.2, 0.25) is 5.82 Å². The third-order valence-electron chi connectivity index (χ3n) is 4.54. The molecule has 0 aliphatic heterocycles. The van der Waals surface area contributed by atoms with E-state index in [1.807, 2.05) is 0 Å². The van der Waals surface area contributed by atoms with Crippen molar-refractivity contribution in [1.82, 2.24) is 9.78 Å². The molecule has 0 saturated heterocycles. The van der Waals surface area contributed by atoms with Gasteiger partial charge in [-0.1, -0.05) is 6.07 Å². The minimum atomic E-state index is -2.24. The topological polar surface area (TPSA) is 85.0 Å². The number of hydrogen-bond acceptors (Lipinski definition) is 4. The number of halogens is 5. The first-order valence-electron chi connectivity index (χ1n) is 8.88. The Bertz CT molecular complexity index is 1220. The molecule has 0 amide bonds. The summed E-state index contributed by atoms with van der Waals surface area (Å²) in [5.41, 5.74) is 0.110. The van der Waals surface area contributed by atoms with Gasteiger partial charge >= 0.3 is 0 Å². The Morgan fingerprint density at radius 3 is 2.25 bits per heavy atom. The quantitative estimate of drug-likeness (QED) is 0.137. The molecule has 2 N–H and O–H groups in total. The van der Waals surface area contributed by atoms with Crippen LogP contribution < -0.4 is 10.6 Å². The summed E-state index contributed by atoms with van der Waals surface area (Å²) < 4.78 is 69.3. The van der Waals surface area contributed by atoms with E-state index in [0.717, 1.165) is 4.68 Å². The minimum absolute atomic E-state index is 0.0347. The lowest BCUT2D eigenvalue weighted by atomic mass is 10.1. The summed E-state index contributed by atoms with van der Waals surface area (Å²) in [6, 6.07) is 5.58. The van der Waals surface area contributed by atoms with E-state index in [1.165, 1.54) is 25.1 Å². The van der Waals surface area contributed by atoms with Gasteiger partial charge in [-0.05, 0) is 32.1 Å². The maximum absolute atomic E-state index is 14.0. The zero-order chi connectivity index (χ0) is 23.7. The van der Waals surface area contributed by atoms with Gasteiger partial charge in [-0.25, -0.2) is 22.0 Å². The third kappa shape index (κ3) is 4.37. The number of nitrogens with one attached hydrogen (secondary N) is 2. The molecule has 7 nitrogen and oxygen atoms in total. The third-order valence-corrected chi connectivity index (χ3v) is 4.75. The highest BCUT2D eigenvalue weighted by Gasteiger charge is 2.26. The predicted octanol–water partition coefficient (Wildman–Crippen LogP) is 4.96. The van der Waals surface area contributed by atoms with Gasteiger partial charge in [-0.15, -0.1) is 0 Å². The van der Waals surface area contributed by atoms with Crippen molar-refractivity contribution in [3.63, 3.8) is 0 Å². The summed E-state index contributed by atoms with van der Waals surface area (Å²) in [5, 5.41) is 20.6. The summed E-state index contributed by atoms with van der Waals surface area (Å²) in [6.45, 7) is 2.33. The van der Waals surface area contributed by atoms with E-state index in [2.05, 4.69) is 15.7 Å². The van der Waals surface area contributed by atoms with Crippen LogP contribution in [0.25, 0.3) is 0 Å². The molecule has 0 atom stereocenters. The van der Waals surface area contributed by atoms with Crippen molar-refractivity contribution in [1.29, 1.82) is 0 Å². The van der Waals surface area contributed by atoms with Gasteiger partial charge in [0.15, 0.2) is 28.4 Å². The Kier molecular flexibility index (Phi) is 6.39. The number of benzene rings is 2. The normalized spacial score (nSPS) is 10.8. The predicted molar refractivity (Wildman–Crippen MR) is 110 cm³/mol. The number of thiocarbonyl (C=S) groups is 1. The second-order valence-electron chi connectivity index (χ2n) is 6.64. The lowest BCUT2D eigenvalue weighted by molar-refractivity contribution is -0.384. The van der Waals surface area contributed by atoms with Crippen LogP contribution in [0, 0.1) is 53.0 Å². The maximum atomic E-state index is 14.0. The van der Waals surface area contributed by atoms with Crippen LogP contribution in [0.3, 0.4) is 0 Å². The lowest BCUT2D eigenvalue weighted by Crippen LogP contribution is -2.20. The van der Waals surface area contributed by atoms with Crippen LogP contribution in [-0.2, 0) is 6.54 Å². The number of anilines is 2. The summed E-state index contributed by atoms with van der Waals surface area (Å²) in [6.07, 6.45) is 0. The number of aromatic nitrogens is 2. The fourth-order valence-electron chi connectivity index (χ4n) is 2.94. The lowest BCUT2D eigenvalue weighted by Gasteiger charge is -2.12. The number of non-ortho nitro benzene ring substituents is 1. The molecule has 3 aromatic rings. The number of nitrogens with zero attached hydrogens (tertiary/aromatic N) is 3. The van der Waals surface area contributed by atoms with Crippen LogP contribution in [0.4, 0.5) is 39.0 Å². The van der Waals surface area contributed by atoms with Gasteiger partial charge < -0.3 is 10.6 Å². The molecule has 3 rings (SSSR count). The van der Waals surface area contributed by atoms with E-state index < -0.39 is 46.1 Å². The molecule has 32 heavy (non-hydrogen) atoms. The molecule has 0 fully saturated rings. The van der Waals surface area contributed by atoms with Crippen molar-refractivity contribution >= 4 is 34.4 Å².